The second-order valence-corrected chi connectivity index (χ2v) is 5.32. The molecule has 1 heterocycles. The van der Waals surface area contributed by atoms with Crippen LogP contribution < -0.4 is 11.1 Å². The predicted octanol–water partition coefficient (Wildman–Crippen LogP) is 3.92. The van der Waals surface area contributed by atoms with Gasteiger partial charge in [-0.1, -0.05) is 48.6 Å². The molecule has 0 atom stereocenters. The zero-order chi connectivity index (χ0) is 14.8. The first-order chi connectivity index (χ1) is 10.1. The number of thiocarbonyl (C=S) groups is 1. The van der Waals surface area contributed by atoms with Crippen LogP contribution in [0, 0.1) is 6.92 Å². The molecule has 0 fully saturated rings. The largest absolute Gasteiger partial charge is 0.389 e. The van der Waals surface area contributed by atoms with Gasteiger partial charge in [0.25, 0.3) is 0 Å². The fourth-order valence-electron chi connectivity index (χ4n) is 2.29. The number of nitrogens with zero attached hydrogens (tertiary/aromatic N) is 1. The molecule has 0 saturated carbocycles. The molecular weight excluding hydrogens is 278 g/mol. The third-order valence-corrected chi connectivity index (χ3v) is 3.61. The maximum absolute atomic E-state index is 5.85. The fraction of sp³-hybridized carbons (Fsp3) is 0.0588. The van der Waals surface area contributed by atoms with E-state index in [4.69, 9.17) is 18.0 Å². The van der Waals surface area contributed by atoms with Gasteiger partial charge in [0.2, 0.25) is 0 Å². The lowest BCUT2D eigenvalue weighted by atomic mass is 10.1. The molecule has 4 heteroatoms. The first-order valence-electron chi connectivity index (χ1n) is 6.67. The van der Waals surface area contributed by atoms with E-state index in [0.29, 0.717) is 4.99 Å². The molecule has 0 radical (unpaired) electrons. The minimum Gasteiger partial charge on any atom is -0.389 e. The summed E-state index contributed by atoms with van der Waals surface area (Å²) in [6.45, 7) is 2.05. The van der Waals surface area contributed by atoms with Gasteiger partial charge in [0.1, 0.15) is 10.8 Å². The molecule has 0 spiro atoms. The zero-order valence-corrected chi connectivity index (χ0v) is 12.4. The highest BCUT2D eigenvalue weighted by molar-refractivity contribution is 7.80. The maximum Gasteiger partial charge on any atom is 0.131 e. The van der Waals surface area contributed by atoms with E-state index in [1.165, 1.54) is 0 Å². The van der Waals surface area contributed by atoms with Gasteiger partial charge < -0.3 is 11.1 Å². The van der Waals surface area contributed by atoms with Crippen LogP contribution in [0.5, 0.6) is 0 Å². The number of nitrogens with two attached hydrogens (primary N) is 1. The molecule has 3 rings (SSSR count). The second kappa shape index (κ2) is 5.50. The van der Waals surface area contributed by atoms with Crippen molar-refractivity contribution in [3.8, 4) is 0 Å². The molecule has 0 amide bonds. The SMILES string of the molecule is Cc1ccccc1Nc1cc(C(N)=S)c2ccccc2n1. The van der Waals surface area contributed by atoms with E-state index >= 15 is 0 Å². The third-order valence-electron chi connectivity index (χ3n) is 3.39. The van der Waals surface area contributed by atoms with Crippen LogP contribution in [-0.4, -0.2) is 9.97 Å². The van der Waals surface area contributed by atoms with Gasteiger partial charge in [-0.15, -0.1) is 0 Å². The second-order valence-electron chi connectivity index (χ2n) is 4.88. The third kappa shape index (κ3) is 2.71. The molecule has 21 heavy (non-hydrogen) atoms. The summed E-state index contributed by atoms with van der Waals surface area (Å²) in [6, 6.07) is 17.8. The van der Waals surface area contributed by atoms with Crippen molar-refractivity contribution in [1.29, 1.82) is 0 Å². The lowest BCUT2D eigenvalue weighted by molar-refractivity contribution is 1.34. The highest BCUT2D eigenvalue weighted by atomic mass is 32.1. The standard InChI is InChI=1S/C17H15N3S/c1-11-6-2-4-8-14(11)19-16-10-13(17(18)21)12-7-3-5-9-15(12)20-16/h2-10H,1H3,(H2,18,21)(H,19,20). The van der Waals surface area contributed by atoms with Gasteiger partial charge in [0.05, 0.1) is 5.52 Å². The molecule has 1 aromatic heterocycles. The van der Waals surface area contributed by atoms with Gasteiger partial charge >= 0.3 is 0 Å². The molecule has 0 aliphatic carbocycles. The predicted molar refractivity (Wildman–Crippen MR) is 92.1 cm³/mol. The van der Waals surface area contributed by atoms with E-state index in [0.717, 1.165) is 33.5 Å². The lowest BCUT2D eigenvalue weighted by Gasteiger charge is -2.12. The Morgan fingerprint density at radius 1 is 1.10 bits per heavy atom. The Morgan fingerprint density at radius 2 is 1.81 bits per heavy atom. The Hall–Kier alpha value is -2.46. The minimum atomic E-state index is 0.376. The number of aryl methyl sites for hydroxylation is 1. The Kier molecular flexibility index (Phi) is 3.54. The van der Waals surface area contributed by atoms with Crippen molar-refractivity contribution in [2.45, 2.75) is 6.92 Å². The van der Waals surface area contributed by atoms with Crippen molar-refractivity contribution < 1.29 is 0 Å². The highest BCUT2D eigenvalue weighted by Gasteiger charge is 2.08. The summed E-state index contributed by atoms with van der Waals surface area (Å²) in [5.41, 5.74) is 9.74. The van der Waals surface area contributed by atoms with E-state index in [1.807, 2.05) is 48.5 Å². The van der Waals surface area contributed by atoms with Gasteiger partial charge in [-0.05, 0) is 30.7 Å². The first kappa shape index (κ1) is 13.5. The van der Waals surface area contributed by atoms with Gasteiger partial charge in [-0.3, -0.25) is 0 Å². The first-order valence-corrected chi connectivity index (χ1v) is 7.08. The van der Waals surface area contributed by atoms with Crippen LogP contribution in [0.1, 0.15) is 11.1 Å². The number of anilines is 2. The summed E-state index contributed by atoms with van der Waals surface area (Å²) in [5.74, 6) is 0.741. The van der Waals surface area contributed by atoms with Crippen molar-refractivity contribution >= 4 is 39.6 Å². The van der Waals surface area contributed by atoms with Gasteiger partial charge in [0.15, 0.2) is 0 Å². The molecule has 0 aliphatic rings. The number of hydrogen-bond donors (Lipinski definition) is 2. The number of para-hydroxylation sites is 2. The summed E-state index contributed by atoms with van der Waals surface area (Å²) >= 11 is 5.16. The van der Waals surface area contributed by atoms with Gasteiger partial charge in [0, 0.05) is 16.6 Å². The Balaban J connectivity index is 2.11. The van der Waals surface area contributed by atoms with Crippen LogP contribution >= 0.6 is 12.2 Å². The number of aromatic nitrogens is 1. The Labute approximate surface area is 128 Å². The molecule has 104 valence electrons. The van der Waals surface area contributed by atoms with Crippen LogP contribution in [0.4, 0.5) is 11.5 Å². The quantitative estimate of drug-likeness (QED) is 0.719. The number of rotatable bonds is 3. The molecule has 3 aromatic rings. The number of nitrogens with one attached hydrogen (secondary N) is 1. The monoisotopic (exact) mass is 293 g/mol. The smallest absolute Gasteiger partial charge is 0.131 e. The van der Waals surface area contributed by atoms with Crippen molar-refractivity contribution in [2.24, 2.45) is 5.73 Å². The van der Waals surface area contributed by atoms with E-state index in [9.17, 15) is 0 Å². The van der Waals surface area contributed by atoms with Crippen LogP contribution in [0.3, 0.4) is 0 Å². The maximum atomic E-state index is 5.85. The summed E-state index contributed by atoms with van der Waals surface area (Å²) in [4.78, 5) is 5.00. The molecule has 3 nitrogen and oxygen atoms in total. The Morgan fingerprint density at radius 3 is 2.57 bits per heavy atom. The highest BCUT2D eigenvalue weighted by Crippen LogP contribution is 2.24. The molecular formula is C17H15N3S. The van der Waals surface area contributed by atoms with E-state index in [2.05, 4.69) is 23.3 Å². The van der Waals surface area contributed by atoms with Gasteiger partial charge in [-0.2, -0.15) is 0 Å². The molecule has 0 bridgehead atoms. The fourth-order valence-corrected chi connectivity index (χ4v) is 2.46. The molecule has 0 aliphatic heterocycles. The minimum absolute atomic E-state index is 0.376. The average Bonchev–Trinajstić information content (AvgIpc) is 2.48. The van der Waals surface area contributed by atoms with Crippen LogP contribution in [-0.2, 0) is 0 Å². The summed E-state index contributed by atoms with van der Waals surface area (Å²) in [6.07, 6.45) is 0. The lowest BCUT2D eigenvalue weighted by Crippen LogP contribution is -2.11. The van der Waals surface area contributed by atoms with Crippen molar-refractivity contribution in [3.63, 3.8) is 0 Å². The summed E-state index contributed by atoms with van der Waals surface area (Å²) in [5, 5.41) is 4.31. The number of hydrogen-bond acceptors (Lipinski definition) is 3. The average molecular weight is 293 g/mol. The molecule has 3 N–H and O–H groups in total. The van der Waals surface area contributed by atoms with Crippen molar-refractivity contribution in [2.75, 3.05) is 5.32 Å². The van der Waals surface area contributed by atoms with E-state index < -0.39 is 0 Å². The van der Waals surface area contributed by atoms with Crippen molar-refractivity contribution in [3.05, 3.63) is 65.7 Å². The summed E-state index contributed by atoms with van der Waals surface area (Å²) in [7, 11) is 0. The van der Waals surface area contributed by atoms with Crippen LogP contribution in [0.25, 0.3) is 10.9 Å². The van der Waals surface area contributed by atoms with E-state index in [-0.39, 0.29) is 0 Å². The molecule has 0 unspecified atom stereocenters. The number of benzene rings is 2. The normalized spacial score (nSPS) is 10.5. The molecule has 0 saturated heterocycles. The van der Waals surface area contributed by atoms with Crippen LogP contribution in [0.15, 0.2) is 54.6 Å². The van der Waals surface area contributed by atoms with Crippen molar-refractivity contribution in [1.82, 2.24) is 4.98 Å². The van der Waals surface area contributed by atoms with E-state index in [1.54, 1.807) is 0 Å². The number of fused-ring (bicyclic) bond motifs is 1. The molecule has 2 aromatic carbocycles. The summed E-state index contributed by atoms with van der Waals surface area (Å²) < 4.78 is 0. The van der Waals surface area contributed by atoms with Crippen LogP contribution in [0.2, 0.25) is 0 Å². The Bertz CT molecular complexity index is 827. The van der Waals surface area contributed by atoms with Gasteiger partial charge in [-0.25, -0.2) is 4.98 Å². The number of pyridine rings is 1. The topological polar surface area (TPSA) is 50.9 Å². The zero-order valence-electron chi connectivity index (χ0n) is 11.6.